The van der Waals surface area contributed by atoms with E-state index in [1.54, 1.807) is 39.0 Å². The number of fused-ring (bicyclic) bond motifs is 1. The summed E-state index contributed by atoms with van der Waals surface area (Å²) < 4.78 is 62.5. The maximum Gasteiger partial charge on any atom is 0.410 e. The van der Waals surface area contributed by atoms with E-state index in [2.05, 4.69) is 10.3 Å². The van der Waals surface area contributed by atoms with E-state index < -0.39 is 54.4 Å². The monoisotopic (exact) mass is 535 g/mol. The highest BCUT2D eigenvalue weighted by Crippen LogP contribution is 2.38. The second-order valence-corrected chi connectivity index (χ2v) is 10.8. The van der Waals surface area contributed by atoms with Crippen LogP contribution in [0.3, 0.4) is 0 Å². The van der Waals surface area contributed by atoms with Gasteiger partial charge in [0.15, 0.2) is 0 Å². The topological polar surface area (TPSA) is 98.6 Å². The van der Waals surface area contributed by atoms with Crippen molar-refractivity contribution < 1.29 is 31.9 Å². The number of benzene rings is 1. The molecule has 2 aromatic rings. The summed E-state index contributed by atoms with van der Waals surface area (Å²) >= 11 is 0. The molecule has 3 heterocycles. The number of nitrogens with one attached hydrogen (secondary N) is 1. The van der Waals surface area contributed by atoms with Crippen LogP contribution in [0.2, 0.25) is 0 Å². The van der Waals surface area contributed by atoms with Crippen molar-refractivity contribution in [2.45, 2.75) is 57.1 Å². The molecule has 3 unspecified atom stereocenters. The van der Waals surface area contributed by atoms with E-state index in [0.717, 1.165) is 4.90 Å². The molecule has 3 atom stereocenters. The Labute approximate surface area is 217 Å². The van der Waals surface area contributed by atoms with E-state index in [0.29, 0.717) is 16.6 Å². The summed E-state index contributed by atoms with van der Waals surface area (Å²) in [6.07, 6.45) is -4.51. The average Bonchev–Trinajstić information content (AvgIpc) is 3.25. The number of nitriles is 1. The third-order valence-electron chi connectivity index (χ3n) is 6.73. The molecule has 1 N–H and O–H groups in total. The van der Waals surface area contributed by atoms with Crippen LogP contribution in [0.1, 0.15) is 39.2 Å². The minimum absolute atomic E-state index is 0.0000740. The van der Waals surface area contributed by atoms with Crippen molar-refractivity contribution in [3.63, 3.8) is 0 Å². The number of nitrogens with zero attached hydrogens (tertiary/aromatic N) is 4. The number of ether oxygens (including phenoxy) is 1. The summed E-state index contributed by atoms with van der Waals surface area (Å²) in [7, 11) is 0. The zero-order valence-corrected chi connectivity index (χ0v) is 21.3. The van der Waals surface area contributed by atoms with Crippen LogP contribution in [-0.2, 0) is 9.53 Å². The van der Waals surface area contributed by atoms with Crippen LogP contribution in [-0.4, -0.2) is 71.6 Å². The fourth-order valence-electron chi connectivity index (χ4n) is 4.92. The normalized spacial score (nSPS) is 24.3. The molecule has 0 radical (unpaired) electrons. The number of hydrogen-bond acceptors (Lipinski definition) is 6. The molecule has 1 aromatic heterocycles. The number of piperidine rings is 1. The van der Waals surface area contributed by atoms with Crippen LogP contribution >= 0.6 is 0 Å². The second-order valence-electron chi connectivity index (χ2n) is 10.8. The number of carbonyl (C=O) groups is 2. The summed E-state index contributed by atoms with van der Waals surface area (Å²) in [6, 6.07) is 7.38. The molecular weight excluding hydrogens is 506 g/mol. The molecule has 2 aliphatic heterocycles. The Morgan fingerprint density at radius 1 is 1.21 bits per heavy atom. The summed E-state index contributed by atoms with van der Waals surface area (Å²) in [5.41, 5.74) is -2.17. The minimum Gasteiger partial charge on any atom is -0.444 e. The summed E-state index contributed by atoms with van der Waals surface area (Å²) in [5, 5.41) is 12.4. The smallest absolute Gasteiger partial charge is 0.410 e. The van der Waals surface area contributed by atoms with Gasteiger partial charge in [0.05, 0.1) is 23.5 Å². The highest BCUT2D eigenvalue weighted by molar-refractivity contribution is 5.95. The quantitative estimate of drug-likeness (QED) is 0.588. The molecule has 12 heteroatoms. The molecule has 2 fully saturated rings. The Morgan fingerprint density at radius 2 is 1.95 bits per heavy atom. The van der Waals surface area contributed by atoms with Crippen molar-refractivity contribution >= 4 is 28.6 Å². The number of alkyl halides is 4. The molecule has 38 heavy (non-hydrogen) atoms. The number of halogens is 4. The number of aromatic nitrogens is 1. The van der Waals surface area contributed by atoms with E-state index in [1.807, 2.05) is 6.07 Å². The largest absolute Gasteiger partial charge is 0.444 e. The van der Waals surface area contributed by atoms with Gasteiger partial charge in [-0.3, -0.25) is 9.78 Å². The third-order valence-corrected chi connectivity index (χ3v) is 6.73. The van der Waals surface area contributed by atoms with Gasteiger partial charge in [0.2, 0.25) is 5.67 Å². The number of rotatable bonds is 3. The van der Waals surface area contributed by atoms with Crippen LogP contribution in [0.15, 0.2) is 30.5 Å². The van der Waals surface area contributed by atoms with Crippen LogP contribution in [0.25, 0.3) is 10.9 Å². The Bertz CT molecular complexity index is 1270. The van der Waals surface area contributed by atoms with Crippen molar-refractivity contribution in [1.82, 2.24) is 15.2 Å². The van der Waals surface area contributed by atoms with Gasteiger partial charge in [-0.25, -0.2) is 9.18 Å². The molecule has 4 rings (SSSR count). The highest BCUT2D eigenvalue weighted by Gasteiger charge is 2.50. The zero-order chi connectivity index (χ0) is 27.9. The summed E-state index contributed by atoms with van der Waals surface area (Å²) in [5.74, 6) is -2.83. The molecule has 0 bridgehead atoms. The fourth-order valence-corrected chi connectivity index (χ4v) is 4.92. The summed E-state index contributed by atoms with van der Waals surface area (Å²) in [4.78, 5) is 32.1. The molecule has 0 aliphatic carbocycles. The van der Waals surface area contributed by atoms with E-state index in [9.17, 15) is 28.0 Å². The number of amides is 2. The van der Waals surface area contributed by atoms with Gasteiger partial charge in [0.25, 0.3) is 5.91 Å². The Balaban J connectivity index is 1.55. The van der Waals surface area contributed by atoms with Crippen LogP contribution < -0.4 is 10.2 Å². The SMILES string of the molecule is CC(C)(C)OC(=O)N1CCC(F)(C(=O)NC2CC(C(F)(F)F)CN(c3ccc(C#N)c4ncccc34)C2)C1. The minimum atomic E-state index is -4.55. The van der Waals surface area contributed by atoms with Crippen molar-refractivity contribution in [2.24, 2.45) is 5.92 Å². The first-order valence-electron chi connectivity index (χ1n) is 12.3. The standard InChI is InChI=1S/C26H29F4N5O3/c1-24(2,3)38-23(37)34-10-8-25(27,15-34)22(36)33-18-11-17(26(28,29)30)13-35(14-18)20-7-6-16(12-31)21-19(20)5-4-9-32-21/h4-7,9,17-18H,8,10-11,13-15H2,1-3H3,(H,33,36). The van der Waals surface area contributed by atoms with Crippen molar-refractivity contribution in [2.75, 3.05) is 31.1 Å². The van der Waals surface area contributed by atoms with Gasteiger partial charge in [-0.2, -0.15) is 18.4 Å². The summed E-state index contributed by atoms with van der Waals surface area (Å²) in [6.45, 7) is 4.03. The lowest BCUT2D eigenvalue weighted by Crippen LogP contribution is -2.57. The number of pyridine rings is 1. The highest BCUT2D eigenvalue weighted by atomic mass is 19.4. The maximum absolute atomic E-state index is 15.6. The maximum atomic E-state index is 15.6. The van der Waals surface area contributed by atoms with Gasteiger partial charge in [-0.05, 0) is 51.5 Å². The molecule has 8 nitrogen and oxygen atoms in total. The molecule has 204 valence electrons. The average molecular weight is 536 g/mol. The Morgan fingerprint density at radius 3 is 2.61 bits per heavy atom. The molecule has 0 spiro atoms. The van der Waals surface area contributed by atoms with Gasteiger partial charge in [0.1, 0.15) is 11.7 Å². The molecule has 2 aliphatic rings. The predicted molar refractivity (Wildman–Crippen MR) is 131 cm³/mol. The molecule has 2 amide bonds. The van der Waals surface area contributed by atoms with Gasteiger partial charge in [-0.1, -0.05) is 0 Å². The lowest BCUT2D eigenvalue weighted by atomic mass is 9.91. The zero-order valence-electron chi connectivity index (χ0n) is 21.3. The Hall–Kier alpha value is -3.62. The van der Waals surface area contributed by atoms with Gasteiger partial charge < -0.3 is 19.9 Å². The molecule has 0 saturated carbocycles. The van der Waals surface area contributed by atoms with Crippen LogP contribution in [0, 0.1) is 17.2 Å². The van der Waals surface area contributed by atoms with E-state index in [-0.39, 0.29) is 31.6 Å². The first kappa shape index (κ1) is 27.4. The van der Waals surface area contributed by atoms with E-state index in [1.165, 1.54) is 17.2 Å². The van der Waals surface area contributed by atoms with E-state index in [4.69, 9.17) is 4.74 Å². The van der Waals surface area contributed by atoms with Gasteiger partial charge in [-0.15, -0.1) is 0 Å². The van der Waals surface area contributed by atoms with Gasteiger partial charge >= 0.3 is 12.3 Å². The number of likely N-dealkylation sites (tertiary alicyclic amines) is 1. The van der Waals surface area contributed by atoms with Crippen LogP contribution in [0.4, 0.5) is 28.0 Å². The predicted octanol–water partition coefficient (Wildman–Crippen LogP) is 4.33. The lowest BCUT2D eigenvalue weighted by molar-refractivity contribution is -0.178. The number of hydrogen-bond donors (Lipinski definition) is 1. The third kappa shape index (κ3) is 5.76. The molecule has 1 aromatic carbocycles. The molecular formula is C26H29F4N5O3. The first-order chi connectivity index (χ1) is 17.7. The van der Waals surface area contributed by atoms with Crippen LogP contribution in [0.5, 0.6) is 0 Å². The molecule has 2 saturated heterocycles. The van der Waals surface area contributed by atoms with Gasteiger partial charge in [0, 0.05) is 49.4 Å². The Kier molecular flexibility index (Phi) is 7.16. The van der Waals surface area contributed by atoms with E-state index >= 15 is 4.39 Å². The fraction of sp³-hybridized carbons (Fsp3) is 0.538. The first-order valence-corrected chi connectivity index (χ1v) is 12.3. The van der Waals surface area contributed by atoms with Crippen molar-refractivity contribution in [3.8, 4) is 6.07 Å². The number of carbonyl (C=O) groups excluding carboxylic acids is 2. The lowest BCUT2D eigenvalue weighted by Gasteiger charge is -2.41. The second kappa shape index (κ2) is 9.93. The van der Waals surface area contributed by atoms with Crippen molar-refractivity contribution in [1.29, 1.82) is 5.26 Å². The number of anilines is 1. The van der Waals surface area contributed by atoms with Crippen molar-refractivity contribution in [3.05, 3.63) is 36.0 Å².